The first-order valence-electron chi connectivity index (χ1n) is 6.37. The third-order valence-corrected chi connectivity index (χ3v) is 3.33. The fraction of sp³-hybridized carbons (Fsp3) is 0.125. The van der Waals surface area contributed by atoms with Crippen molar-refractivity contribution < 1.29 is 9.53 Å². The number of carbonyl (C=O) groups is 1. The maximum Gasteiger partial charge on any atom is 0.255 e. The molecule has 0 aliphatic heterocycles. The van der Waals surface area contributed by atoms with Crippen molar-refractivity contribution in [2.75, 3.05) is 12.4 Å². The first-order chi connectivity index (χ1) is 10.0. The quantitative estimate of drug-likeness (QED) is 0.852. The molecule has 0 atom stereocenters. The summed E-state index contributed by atoms with van der Waals surface area (Å²) in [6, 6.07) is 12.5. The summed E-state index contributed by atoms with van der Waals surface area (Å²) >= 11 is 4.98. The Morgan fingerprint density at radius 1 is 1.24 bits per heavy atom. The molecule has 0 spiro atoms. The average Bonchev–Trinajstić information content (AvgIpc) is 2.48. The second-order valence-electron chi connectivity index (χ2n) is 4.55. The summed E-state index contributed by atoms with van der Waals surface area (Å²) in [7, 11) is 1.58. The molecule has 21 heavy (non-hydrogen) atoms. The summed E-state index contributed by atoms with van der Waals surface area (Å²) in [5.41, 5.74) is 8.37. The Bertz CT molecular complexity index is 698. The Kier molecular flexibility index (Phi) is 4.55. The molecule has 0 saturated carbocycles. The van der Waals surface area contributed by atoms with Crippen LogP contribution in [-0.4, -0.2) is 18.0 Å². The Balaban J connectivity index is 2.28. The van der Waals surface area contributed by atoms with E-state index in [9.17, 15) is 4.79 Å². The topological polar surface area (TPSA) is 64.3 Å². The predicted octanol–water partition coefficient (Wildman–Crippen LogP) is 2.89. The molecule has 0 fully saturated rings. The summed E-state index contributed by atoms with van der Waals surface area (Å²) < 4.78 is 5.23. The van der Waals surface area contributed by atoms with Gasteiger partial charge >= 0.3 is 0 Å². The number of hydrogen-bond acceptors (Lipinski definition) is 3. The zero-order valence-corrected chi connectivity index (χ0v) is 12.7. The van der Waals surface area contributed by atoms with Crippen LogP contribution in [0, 0.1) is 6.92 Å². The van der Waals surface area contributed by atoms with E-state index in [1.807, 2.05) is 25.1 Å². The molecule has 1 amide bonds. The van der Waals surface area contributed by atoms with Crippen molar-refractivity contribution in [1.82, 2.24) is 0 Å². The van der Waals surface area contributed by atoms with E-state index in [0.29, 0.717) is 22.6 Å². The average molecular weight is 300 g/mol. The molecule has 2 rings (SSSR count). The van der Waals surface area contributed by atoms with Crippen LogP contribution in [0.4, 0.5) is 5.69 Å². The van der Waals surface area contributed by atoms with E-state index < -0.39 is 0 Å². The molecule has 4 nitrogen and oxygen atoms in total. The Hall–Kier alpha value is -2.40. The van der Waals surface area contributed by atoms with Crippen molar-refractivity contribution in [3.63, 3.8) is 0 Å². The van der Waals surface area contributed by atoms with Gasteiger partial charge in [0, 0.05) is 11.1 Å². The van der Waals surface area contributed by atoms with Crippen LogP contribution in [-0.2, 0) is 0 Å². The number of rotatable bonds is 4. The van der Waals surface area contributed by atoms with Gasteiger partial charge < -0.3 is 15.8 Å². The SMILES string of the molecule is COc1cc(C(=O)Nc2ccccc2C(N)=S)ccc1C. The Labute approximate surface area is 128 Å². The summed E-state index contributed by atoms with van der Waals surface area (Å²) in [5.74, 6) is 0.433. The zero-order chi connectivity index (χ0) is 15.4. The second kappa shape index (κ2) is 6.37. The monoisotopic (exact) mass is 300 g/mol. The molecular formula is C16H16N2O2S. The summed E-state index contributed by atoms with van der Waals surface area (Å²) in [6.07, 6.45) is 0. The van der Waals surface area contributed by atoms with Gasteiger partial charge in [-0.1, -0.05) is 30.4 Å². The molecule has 0 saturated heterocycles. The molecule has 0 aromatic heterocycles. The lowest BCUT2D eigenvalue weighted by molar-refractivity contribution is 0.102. The third-order valence-electron chi connectivity index (χ3n) is 3.11. The lowest BCUT2D eigenvalue weighted by Gasteiger charge is -2.11. The lowest BCUT2D eigenvalue weighted by Crippen LogP contribution is -2.17. The number of nitrogens with one attached hydrogen (secondary N) is 1. The van der Waals surface area contributed by atoms with Gasteiger partial charge in [-0.2, -0.15) is 0 Å². The molecule has 108 valence electrons. The van der Waals surface area contributed by atoms with Gasteiger partial charge in [0.1, 0.15) is 10.7 Å². The first kappa shape index (κ1) is 15.0. The number of hydrogen-bond donors (Lipinski definition) is 2. The van der Waals surface area contributed by atoms with Crippen LogP contribution in [0.5, 0.6) is 5.75 Å². The van der Waals surface area contributed by atoms with E-state index in [-0.39, 0.29) is 10.9 Å². The maximum absolute atomic E-state index is 12.3. The van der Waals surface area contributed by atoms with E-state index in [4.69, 9.17) is 22.7 Å². The van der Waals surface area contributed by atoms with Crippen LogP contribution in [0.3, 0.4) is 0 Å². The molecule has 2 aromatic carbocycles. The van der Waals surface area contributed by atoms with E-state index in [2.05, 4.69) is 5.32 Å². The number of ether oxygens (including phenoxy) is 1. The van der Waals surface area contributed by atoms with E-state index in [1.165, 1.54) is 0 Å². The van der Waals surface area contributed by atoms with Crippen LogP contribution in [0.1, 0.15) is 21.5 Å². The van der Waals surface area contributed by atoms with Gasteiger partial charge in [0.2, 0.25) is 0 Å². The van der Waals surface area contributed by atoms with Gasteiger partial charge in [-0.25, -0.2) is 0 Å². The second-order valence-corrected chi connectivity index (χ2v) is 4.99. The number of benzene rings is 2. The predicted molar refractivity (Wildman–Crippen MR) is 88.0 cm³/mol. The zero-order valence-electron chi connectivity index (χ0n) is 11.8. The fourth-order valence-electron chi connectivity index (χ4n) is 1.96. The highest BCUT2D eigenvalue weighted by Crippen LogP contribution is 2.21. The number of carbonyl (C=O) groups excluding carboxylic acids is 1. The number of thiocarbonyl (C=S) groups is 1. The van der Waals surface area contributed by atoms with Crippen molar-refractivity contribution >= 4 is 28.8 Å². The first-order valence-corrected chi connectivity index (χ1v) is 6.78. The van der Waals surface area contributed by atoms with Crippen LogP contribution in [0.2, 0.25) is 0 Å². The number of anilines is 1. The minimum atomic E-state index is -0.239. The van der Waals surface area contributed by atoms with E-state index in [1.54, 1.807) is 31.4 Å². The minimum Gasteiger partial charge on any atom is -0.496 e. The molecule has 0 bridgehead atoms. The van der Waals surface area contributed by atoms with Crippen molar-refractivity contribution in [3.05, 3.63) is 59.2 Å². The van der Waals surface area contributed by atoms with E-state index in [0.717, 1.165) is 5.56 Å². The summed E-state index contributed by atoms with van der Waals surface area (Å²) in [5, 5.41) is 2.82. The van der Waals surface area contributed by atoms with Crippen LogP contribution >= 0.6 is 12.2 Å². The molecule has 0 heterocycles. The number of methoxy groups -OCH3 is 1. The lowest BCUT2D eigenvalue weighted by atomic mass is 10.1. The molecule has 0 radical (unpaired) electrons. The highest BCUT2D eigenvalue weighted by atomic mass is 32.1. The van der Waals surface area contributed by atoms with Crippen LogP contribution in [0.25, 0.3) is 0 Å². The van der Waals surface area contributed by atoms with Gasteiger partial charge in [0.15, 0.2) is 0 Å². The Morgan fingerprint density at radius 2 is 1.95 bits per heavy atom. The van der Waals surface area contributed by atoms with Gasteiger partial charge in [0.25, 0.3) is 5.91 Å². The summed E-state index contributed by atoms with van der Waals surface area (Å²) in [4.78, 5) is 12.6. The standard InChI is InChI=1S/C16H16N2O2S/c1-10-7-8-11(9-14(10)20-2)16(19)18-13-6-4-3-5-12(13)15(17)21/h3-9H,1-2H3,(H2,17,21)(H,18,19). The molecule has 0 unspecified atom stereocenters. The minimum absolute atomic E-state index is 0.239. The van der Waals surface area contributed by atoms with Gasteiger partial charge in [-0.15, -0.1) is 0 Å². The summed E-state index contributed by atoms with van der Waals surface area (Å²) in [6.45, 7) is 1.92. The molecule has 0 aliphatic carbocycles. The van der Waals surface area contributed by atoms with Gasteiger partial charge in [-0.3, -0.25) is 4.79 Å². The van der Waals surface area contributed by atoms with E-state index >= 15 is 0 Å². The smallest absolute Gasteiger partial charge is 0.255 e. The molecule has 0 aliphatic rings. The molecule has 3 N–H and O–H groups in total. The highest BCUT2D eigenvalue weighted by molar-refractivity contribution is 7.80. The number of nitrogens with two attached hydrogens (primary N) is 1. The normalized spacial score (nSPS) is 10.0. The fourth-order valence-corrected chi connectivity index (χ4v) is 2.14. The van der Waals surface area contributed by atoms with Crippen LogP contribution < -0.4 is 15.8 Å². The Morgan fingerprint density at radius 3 is 2.62 bits per heavy atom. The van der Waals surface area contributed by atoms with Gasteiger partial charge in [0.05, 0.1) is 12.8 Å². The van der Waals surface area contributed by atoms with Gasteiger partial charge in [-0.05, 0) is 36.8 Å². The van der Waals surface area contributed by atoms with Crippen molar-refractivity contribution in [2.45, 2.75) is 6.92 Å². The van der Waals surface area contributed by atoms with Crippen molar-refractivity contribution in [3.8, 4) is 5.75 Å². The van der Waals surface area contributed by atoms with Crippen LogP contribution in [0.15, 0.2) is 42.5 Å². The number of para-hydroxylation sites is 1. The number of aryl methyl sites for hydroxylation is 1. The third kappa shape index (κ3) is 3.38. The highest BCUT2D eigenvalue weighted by Gasteiger charge is 2.11. The molecule has 5 heteroatoms. The number of amides is 1. The largest absolute Gasteiger partial charge is 0.496 e. The molecular weight excluding hydrogens is 284 g/mol. The maximum atomic E-state index is 12.3. The van der Waals surface area contributed by atoms with Crippen molar-refractivity contribution in [2.24, 2.45) is 5.73 Å². The molecule has 2 aromatic rings. The van der Waals surface area contributed by atoms with Crippen molar-refractivity contribution in [1.29, 1.82) is 0 Å².